The van der Waals surface area contributed by atoms with E-state index < -0.39 is 0 Å². The van der Waals surface area contributed by atoms with E-state index in [1.807, 2.05) is 13.0 Å². The number of benzene rings is 1. The number of aliphatic imine (C=N–C) groups is 1. The Balaban J connectivity index is 1.78. The van der Waals surface area contributed by atoms with Crippen molar-refractivity contribution < 1.29 is 9.13 Å². The van der Waals surface area contributed by atoms with Gasteiger partial charge in [-0.05, 0) is 37.5 Å². The number of unbranched alkanes of at least 4 members (excludes halogenated alkanes) is 1. The first-order valence-electron chi connectivity index (χ1n) is 8.53. The lowest BCUT2D eigenvalue weighted by molar-refractivity contribution is 0.143. The first-order chi connectivity index (χ1) is 12.2. The third-order valence-corrected chi connectivity index (χ3v) is 3.69. The summed E-state index contributed by atoms with van der Waals surface area (Å²) in [6.07, 6.45) is 6.94. The molecule has 6 nitrogen and oxygen atoms in total. The number of nitrogens with one attached hydrogen (secondary N) is 2. The normalized spacial score (nSPS) is 11.6. The number of guanidine groups is 1. The van der Waals surface area contributed by atoms with Crippen molar-refractivity contribution in [3.05, 3.63) is 48.3 Å². The fraction of sp³-hybridized carbons (Fsp3) is 0.444. The Hall–Kier alpha value is -2.41. The Morgan fingerprint density at radius 1 is 1.32 bits per heavy atom. The van der Waals surface area contributed by atoms with Crippen LogP contribution in [0.15, 0.2) is 41.9 Å². The van der Waals surface area contributed by atoms with Gasteiger partial charge in [0.15, 0.2) is 5.96 Å². The summed E-state index contributed by atoms with van der Waals surface area (Å²) in [7, 11) is 1.72. The molecule has 0 spiro atoms. The molecule has 7 heteroatoms. The number of nitrogens with zero attached hydrogens (tertiary/aromatic N) is 3. The predicted octanol–water partition coefficient (Wildman–Crippen LogP) is 2.49. The molecule has 0 fully saturated rings. The lowest BCUT2D eigenvalue weighted by atomic mass is 10.2. The monoisotopic (exact) mass is 347 g/mol. The van der Waals surface area contributed by atoms with Crippen LogP contribution in [-0.4, -0.2) is 42.3 Å². The SMILES string of the molecule is CCOCCCCNC(=NC)NCc1ccc(-n2ccnc2)c(F)c1. The second-order valence-electron chi connectivity index (χ2n) is 5.51. The van der Waals surface area contributed by atoms with Gasteiger partial charge in [0, 0.05) is 45.7 Å². The van der Waals surface area contributed by atoms with Crippen molar-refractivity contribution >= 4 is 5.96 Å². The number of aromatic nitrogens is 2. The number of hydrogen-bond acceptors (Lipinski definition) is 3. The van der Waals surface area contributed by atoms with Crippen molar-refractivity contribution in [2.45, 2.75) is 26.3 Å². The summed E-state index contributed by atoms with van der Waals surface area (Å²) < 4.78 is 21.2. The van der Waals surface area contributed by atoms with Crippen molar-refractivity contribution in [3.63, 3.8) is 0 Å². The van der Waals surface area contributed by atoms with E-state index in [0.717, 1.165) is 38.2 Å². The minimum Gasteiger partial charge on any atom is -0.382 e. The standard InChI is InChI=1S/C18H26FN5O/c1-3-25-11-5-4-8-22-18(20-2)23-13-15-6-7-17(16(19)12-15)24-10-9-21-14-24/h6-7,9-10,12,14H,3-5,8,11,13H2,1-2H3,(H2,20,22,23). The van der Waals surface area contributed by atoms with Gasteiger partial charge in [-0.2, -0.15) is 0 Å². The number of ether oxygens (including phenoxy) is 1. The average molecular weight is 347 g/mol. The molecule has 0 amide bonds. The molecular weight excluding hydrogens is 321 g/mol. The highest BCUT2D eigenvalue weighted by Crippen LogP contribution is 2.14. The van der Waals surface area contributed by atoms with Crippen molar-refractivity contribution in [2.75, 3.05) is 26.8 Å². The molecule has 0 bridgehead atoms. The molecule has 1 heterocycles. The summed E-state index contributed by atoms with van der Waals surface area (Å²) in [5.74, 6) is 0.423. The number of halogens is 1. The highest BCUT2D eigenvalue weighted by Gasteiger charge is 2.06. The van der Waals surface area contributed by atoms with Crippen LogP contribution in [0.2, 0.25) is 0 Å². The minimum absolute atomic E-state index is 0.281. The number of hydrogen-bond donors (Lipinski definition) is 2. The highest BCUT2D eigenvalue weighted by atomic mass is 19.1. The Labute approximate surface area is 148 Å². The zero-order chi connectivity index (χ0) is 17.9. The van der Waals surface area contributed by atoms with Gasteiger partial charge in [-0.25, -0.2) is 9.37 Å². The van der Waals surface area contributed by atoms with Gasteiger partial charge in [0.25, 0.3) is 0 Å². The largest absolute Gasteiger partial charge is 0.382 e. The Morgan fingerprint density at radius 3 is 2.88 bits per heavy atom. The minimum atomic E-state index is -0.281. The number of rotatable bonds is 9. The van der Waals surface area contributed by atoms with Gasteiger partial charge in [-0.15, -0.1) is 0 Å². The van der Waals surface area contributed by atoms with Crippen molar-refractivity contribution in [2.24, 2.45) is 4.99 Å². The van der Waals surface area contributed by atoms with Crippen molar-refractivity contribution in [1.82, 2.24) is 20.2 Å². The molecule has 0 aliphatic heterocycles. The molecule has 2 aromatic rings. The number of imidazole rings is 1. The molecule has 1 aromatic heterocycles. The quantitative estimate of drug-likeness (QED) is 0.416. The van der Waals surface area contributed by atoms with E-state index in [-0.39, 0.29) is 5.82 Å². The fourth-order valence-corrected chi connectivity index (χ4v) is 2.36. The smallest absolute Gasteiger partial charge is 0.191 e. The third kappa shape index (κ3) is 6.19. The van der Waals surface area contributed by atoms with Gasteiger partial charge in [-0.1, -0.05) is 6.07 Å². The Morgan fingerprint density at radius 2 is 2.20 bits per heavy atom. The first-order valence-corrected chi connectivity index (χ1v) is 8.53. The van der Waals surface area contributed by atoms with Crippen LogP contribution in [0.1, 0.15) is 25.3 Å². The Kier molecular flexibility index (Phi) is 7.91. The molecular formula is C18H26FN5O. The molecule has 0 unspecified atom stereocenters. The van der Waals surface area contributed by atoms with Crippen LogP contribution in [0.4, 0.5) is 4.39 Å². The van der Waals surface area contributed by atoms with Gasteiger partial charge in [0.05, 0.1) is 12.0 Å². The van der Waals surface area contributed by atoms with E-state index in [9.17, 15) is 4.39 Å². The van der Waals surface area contributed by atoms with Gasteiger partial charge >= 0.3 is 0 Å². The summed E-state index contributed by atoms with van der Waals surface area (Å²) >= 11 is 0. The summed E-state index contributed by atoms with van der Waals surface area (Å²) in [6, 6.07) is 5.16. The van der Waals surface area contributed by atoms with Crippen LogP contribution in [0.25, 0.3) is 5.69 Å². The van der Waals surface area contributed by atoms with E-state index in [0.29, 0.717) is 18.2 Å². The molecule has 0 atom stereocenters. The summed E-state index contributed by atoms with van der Waals surface area (Å²) in [4.78, 5) is 8.11. The summed E-state index contributed by atoms with van der Waals surface area (Å²) in [5.41, 5.74) is 1.33. The van der Waals surface area contributed by atoms with Gasteiger partial charge in [0.2, 0.25) is 0 Å². The lowest BCUT2D eigenvalue weighted by Crippen LogP contribution is -2.37. The molecule has 25 heavy (non-hydrogen) atoms. The van der Waals surface area contributed by atoms with E-state index in [1.165, 1.54) is 6.07 Å². The maximum Gasteiger partial charge on any atom is 0.191 e. The van der Waals surface area contributed by atoms with Gasteiger partial charge in [-0.3, -0.25) is 4.99 Å². The Bertz CT molecular complexity index is 657. The van der Waals surface area contributed by atoms with E-state index >= 15 is 0 Å². The average Bonchev–Trinajstić information content (AvgIpc) is 3.15. The highest BCUT2D eigenvalue weighted by molar-refractivity contribution is 5.79. The van der Waals surface area contributed by atoms with Crippen LogP contribution in [0.3, 0.4) is 0 Å². The van der Waals surface area contributed by atoms with E-state index in [2.05, 4.69) is 20.6 Å². The van der Waals surface area contributed by atoms with Gasteiger partial charge < -0.3 is 19.9 Å². The maximum atomic E-state index is 14.2. The van der Waals surface area contributed by atoms with Crippen LogP contribution in [0, 0.1) is 5.82 Å². The van der Waals surface area contributed by atoms with Crippen LogP contribution < -0.4 is 10.6 Å². The fourth-order valence-electron chi connectivity index (χ4n) is 2.36. The topological polar surface area (TPSA) is 63.5 Å². The molecule has 0 aliphatic carbocycles. The summed E-state index contributed by atoms with van der Waals surface area (Å²) in [5, 5.41) is 6.43. The van der Waals surface area contributed by atoms with Crippen LogP contribution in [-0.2, 0) is 11.3 Å². The zero-order valence-electron chi connectivity index (χ0n) is 14.8. The van der Waals surface area contributed by atoms with E-state index in [4.69, 9.17) is 4.74 Å². The van der Waals surface area contributed by atoms with Crippen molar-refractivity contribution in [1.29, 1.82) is 0 Å². The zero-order valence-corrected chi connectivity index (χ0v) is 14.8. The maximum absolute atomic E-state index is 14.2. The molecule has 0 radical (unpaired) electrons. The summed E-state index contributed by atoms with van der Waals surface area (Å²) in [6.45, 7) is 4.86. The second-order valence-corrected chi connectivity index (χ2v) is 5.51. The molecule has 2 N–H and O–H groups in total. The third-order valence-electron chi connectivity index (χ3n) is 3.69. The lowest BCUT2D eigenvalue weighted by Gasteiger charge is -2.12. The molecule has 2 rings (SSSR count). The van der Waals surface area contributed by atoms with Crippen molar-refractivity contribution in [3.8, 4) is 5.69 Å². The predicted molar refractivity (Wildman–Crippen MR) is 97.5 cm³/mol. The van der Waals surface area contributed by atoms with Gasteiger partial charge in [0.1, 0.15) is 5.82 Å². The second kappa shape index (κ2) is 10.5. The molecule has 0 saturated carbocycles. The van der Waals surface area contributed by atoms with E-state index in [1.54, 1.807) is 36.4 Å². The first kappa shape index (κ1) is 18.9. The molecule has 0 aliphatic rings. The van der Waals surface area contributed by atoms with Crippen LogP contribution >= 0.6 is 0 Å². The molecule has 0 saturated heterocycles. The molecule has 136 valence electrons. The molecule has 1 aromatic carbocycles. The van der Waals surface area contributed by atoms with Crippen LogP contribution in [0.5, 0.6) is 0 Å².